The number of ether oxygens (including phenoxy) is 1. The molecule has 1 aromatic carbocycles. The number of anilines is 2. The molecule has 2 aromatic rings. The van der Waals surface area contributed by atoms with Crippen LogP contribution in [0, 0.1) is 0 Å². The summed E-state index contributed by atoms with van der Waals surface area (Å²) in [7, 11) is 1.61. The first-order valence-electron chi connectivity index (χ1n) is 5.33. The van der Waals surface area contributed by atoms with Crippen LogP contribution < -0.4 is 15.8 Å². The van der Waals surface area contributed by atoms with E-state index < -0.39 is 0 Å². The first kappa shape index (κ1) is 12.4. The molecule has 0 saturated heterocycles. The molecule has 3 N–H and O–H groups in total. The SMILES string of the molecule is COc1cccc(Cl)c1CNc1cncc(N)n1. The Morgan fingerprint density at radius 1 is 1.39 bits per heavy atom. The van der Waals surface area contributed by atoms with E-state index in [-0.39, 0.29) is 0 Å². The number of nitrogens with zero attached hydrogens (tertiary/aromatic N) is 2. The lowest BCUT2D eigenvalue weighted by Crippen LogP contribution is -2.05. The van der Waals surface area contributed by atoms with Gasteiger partial charge < -0.3 is 15.8 Å². The number of nitrogen functional groups attached to an aromatic ring is 1. The Bertz CT molecular complexity index is 547. The van der Waals surface area contributed by atoms with E-state index in [0.29, 0.717) is 23.2 Å². The highest BCUT2D eigenvalue weighted by molar-refractivity contribution is 6.31. The molecule has 0 unspecified atom stereocenters. The second-order valence-corrected chi connectivity index (χ2v) is 4.01. The minimum Gasteiger partial charge on any atom is -0.496 e. The maximum absolute atomic E-state index is 6.12. The van der Waals surface area contributed by atoms with Crippen molar-refractivity contribution in [3.05, 3.63) is 41.2 Å². The predicted molar refractivity (Wildman–Crippen MR) is 71.8 cm³/mol. The van der Waals surface area contributed by atoms with Crippen molar-refractivity contribution in [2.45, 2.75) is 6.54 Å². The standard InChI is InChI=1S/C12H13ClN4O/c1-18-10-4-2-3-9(13)8(10)5-16-12-7-15-6-11(14)17-12/h2-4,6-7H,5H2,1H3,(H3,14,16,17). The summed E-state index contributed by atoms with van der Waals surface area (Å²) in [6.07, 6.45) is 3.08. The lowest BCUT2D eigenvalue weighted by atomic mass is 10.2. The van der Waals surface area contributed by atoms with Gasteiger partial charge in [0.15, 0.2) is 0 Å². The van der Waals surface area contributed by atoms with E-state index in [0.717, 1.165) is 11.3 Å². The number of benzene rings is 1. The molecular weight excluding hydrogens is 252 g/mol. The predicted octanol–water partition coefficient (Wildman–Crippen LogP) is 2.33. The van der Waals surface area contributed by atoms with E-state index in [9.17, 15) is 0 Å². The summed E-state index contributed by atoms with van der Waals surface area (Å²) >= 11 is 6.12. The first-order valence-corrected chi connectivity index (χ1v) is 5.71. The zero-order chi connectivity index (χ0) is 13.0. The van der Waals surface area contributed by atoms with Crippen molar-refractivity contribution >= 4 is 23.2 Å². The number of rotatable bonds is 4. The summed E-state index contributed by atoms with van der Waals surface area (Å²) < 4.78 is 5.25. The fourth-order valence-electron chi connectivity index (χ4n) is 1.55. The largest absolute Gasteiger partial charge is 0.496 e. The van der Waals surface area contributed by atoms with Crippen LogP contribution >= 0.6 is 11.6 Å². The summed E-state index contributed by atoms with van der Waals surface area (Å²) in [5.41, 5.74) is 6.42. The van der Waals surface area contributed by atoms with E-state index in [2.05, 4.69) is 15.3 Å². The molecule has 0 amide bonds. The average Bonchev–Trinajstić information content (AvgIpc) is 2.37. The van der Waals surface area contributed by atoms with Gasteiger partial charge >= 0.3 is 0 Å². The van der Waals surface area contributed by atoms with Gasteiger partial charge in [0.2, 0.25) is 0 Å². The van der Waals surface area contributed by atoms with Crippen LogP contribution in [-0.2, 0) is 6.54 Å². The normalized spacial score (nSPS) is 10.1. The molecule has 0 aliphatic carbocycles. The van der Waals surface area contributed by atoms with Crippen molar-refractivity contribution in [2.24, 2.45) is 0 Å². The van der Waals surface area contributed by atoms with Crippen LogP contribution in [0.5, 0.6) is 5.75 Å². The Morgan fingerprint density at radius 2 is 2.22 bits per heavy atom. The molecule has 0 saturated carbocycles. The molecule has 1 aromatic heterocycles. The molecule has 94 valence electrons. The highest BCUT2D eigenvalue weighted by atomic mass is 35.5. The van der Waals surface area contributed by atoms with Crippen LogP contribution in [0.4, 0.5) is 11.6 Å². The van der Waals surface area contributed by atoms with Crippen molar-refractivity contribution < 1.29 is 4.74 Å². The van der Waals surface area contributed by atoms with Gasteiger partial charge in [-0.1, -0.05) is 17.7 Å². The van der Waals surface area contributed by atoms with Crippen LogP contribution in [0.3, 0.4) is 0 Å². The van der Waals surface area contributed by atoms with Gasteiger partial charge in [-0.15, -0.1) is 0 Å². The van der Waals surface area contributed by atoms with Gasteiger partial charge in [0, 0.05) is 17.1 Å². The van der Waals surface area contributed by atoms with Crippen LogP contribution in [0.1, 0.15) is 5.56 Å². The number of methoxy groups -OCH3 is 1. The monoisotopic (exact) mass is 264 g/mol. The molecular formula is C12H13ClN4O. The van der Waals surface area contributed by atoms with Crippen LogP contribution in [0.2, 0.25) is 5.02 Å². The van der Waals surface area contributed by atoms with Crippen LogP contribution in [0.25, 0.3) is 0 Å². The van der Waals surface area contributed by atoms with Crippen molar-refractivity contribution in [1.82, 2.24) is 9.97 Å². The Balaban J connectivity index is 2.15. The Hall–Kier alpha value is -2.01. The maximum Gasteiger partial charge on any atom is 0.147 e. The molecule has 6 heteroatoms. The van der Waals surface area contributed by atoms with Crippen LogP contribution in [0.15, 0.2) is 30.6 Å². The average molecular weight is 265 g/mol. The minimum absolute atomic E-state index is 0.367. The third-order valence-corrected chi connectivity index (χ3v) is 2.75. The number of nitrogens with two attached hydrogens (primary N) is 1. The first-order chi connectivity index (χ1) is 8.70. The number of halogens is 1. The lowest BCUT2D eigenvalue weighted by molar-refractivity contribution is 0.410. The summed E-state index contributed by atoms with van der Waals surface area (Å²) in [6.45, 7) is 0.487. The molecule has 2 rings (SSSR count). The number of hydrogen-bond donors (Lipinski definition) is 2. The topological polar surface area (TPSA) is 73.1 Å². The van der Waals surface area contributed by atoms with Gasteiger partial charge in [0.05, 0.1) is 19.5 Å². The molecule has 0 fully saturated rings. The summed E-state index contributed by atoms with van der Waals surface area (Å²) in [6, 6.07) is 5.50. The Labute approximate surface area is 110 Å². The zero-order valence-electron chi connectivity index (χ0n) is 9.85. The molecule has 0 aliphatic rings. The van der Waals surface area contributed by atoms with Crippen molar-refractivity contribution in [2.75, 3.05) is 18.2 Å². The van der Waals surface area contributed by atoms with Crippen molar-refractivity contribution in [3.63, 3.8) is 0 Å². The molecule has 18 heavy (non-hydrogen) atoms. The quantitative estimate of drug-likeness (QED) is 0.887. The molecule has 0 aliphatic heterocycles. The van der Waals surface area contributed by atoms with Crippen LogP contribution in [-0.4, -0.2) is 17.1 Å². The smallest absolute Gasteiger partial charge is 0.147 e. The maximum atomic E-state index is 6.12. The second kappa shape index (κ2) is 5.55. The van der Waals surface area contributed by atoms with E-state index in [1.165, 1.54) is 6.20 Å². The number of aromatic nitrogens is 2. The van der Waals surface area contributed by atoms with Gasteiger partial charge in [-0.25, -0.2) is 4.98 Å². The number of nitrogens with one attached hydrogen (secondary N) is 1. The molecule has 0 bridgehead atoms. The molecule has 0 spiro atoms. The van der Waals surface area contributed by atoms with Crippen molar-refractivity contribution in [3.8, 4) is 5.75 Å². The van der Waals surface area contributed by atoms with Crippen molar-refractivity contribution in [1.29, 1.82) is 0 Å². The van der Waals surface area contributed by atoms with Gasteiger partial charge in [-0.05, 0) is 12.1 Å². The van der Waals surface area contributed by atoms with Gasteiger partial charge in [0.25, 0.3) is 0 Å². The Morgan fingerprint density at radius 3 is 2.94 bits per heavy atom. The molecule has 0 radical (unpaired) electrons. The number of hydrogen-bond acceptors (Lipinski definition) is 5. The summed E-state index contributed by atoms with van der Waals surface area (Å²) in [5, 5.41) is 3.74. The fraction of sp³-hybridized carbons (Fsp3) is 0.167. The van der Waals surface area contributed by atoms with E-state index in [1.807, 2.05) is 18.2 Å². The third-order valence-electron chi connectivity index (χ3n) is 2.40. The highest BCUT2D eigenvalue weighted by Gasteiger charge is 2.07. The lowest BCUT2D eigenvalue weighted by Gasteiger charge is -2.11. The third kappa shape index (κ3) is 2.81. The van der Waals surface area contributed by atoms with Gasteiger partial charge in [-0.2, -0.15) is 0 Å². The second-order valence-electron chi connectivity index (χ2n) is 3.60. The summed E-state index contributed by atoms with van der Waals surface area (Å²) in [5.74, 6) is 1.69. The summed E-state index contributed by atoms with van der Waals surface area (Å²) in [4.78, 5) is 8.04. The molecule has 0 atom stereocenters. The van der Waals surface area contributed by atoms with Gasteiger partial charge in [0.1, 0.15) is 17.4 Å². The fourth-order valence-corrected chi connectivity index (χ4v) is 1.78. The molecule has 1 heterocycles. The highest BCUT2D eigenvalue weighted by Crippen LogP contribution is 2.26. The van der Waals surface area contributed by atoms with E-state index >= 15 is 0 Å². The van der Waals surface area contributed by atoms with E-state index in [1.54, 1.807) is 13.3 Å². The zero-order valence-corrected chi connectivity index (χ0v) is 10.6. The van der Waals surface area contributed by atoms with Gasteiger partial charge in [-0.3, -0.25) is 4.98 Å². The molecule has 5 nitrogen and oxygen atoms in total. The Kier molecular flexibility index (Phi) is 3.84. The minimum atomic E-state index is 0.367. The van der Waals surface area contributed by atoms with E-state index in [4.69, 9.17) is 22.1 Å².